The van der Waals surface area contributed by atoms with Crippen molar-refractivity contribution in [3.05, 3.63) is 114 Å². The highest BCUT2D eigenvalue weighted by Gasteiger charge is 2.45. The quantitative estimate of drug-likeness (QED) is 0.297. The van der Waals surface area contributed by atoms with Crippen molar-refractivity contribution in [2.24, 2.45) is 0 Å². The van der Waals surface area contributed by atoms with Crippen LogP contribution >= 0.6 is 0 Å². The van der Waals surface area contributed by atoms with Crippen LogP contribution in [0.5, 0.6) is 17.2 Å². The molecule has 5 rings (SSSR count). The van der Waals surface area contributed by atoms with Crippen LogP contribution < -0.4 is 24.4 Å². The fraction of sp³-hybridized carbons (Fsp3) is 0.188. The fourth-order valence-electron chi connectivity index (χ4n) is 5.05. The zero-order valence-corrected chi connectivity index (χ0v) is 22.1. The summed E-state index contributed by atoms with van der Waals surface area (Å²) in [7, 11) is 3.20. The molecule has 1 heterocycles. The zero-order valence-electron chi connectivity index (χ0n) is 22.1. The Morgan fingerprint density at radius 2 is 1.44 bits per heavy atom. The topological polar surface area (TPSA) is 77.1 Å². The second-order valence-electron chi connectivity index (χ2n) is 9.07. The van der Waals surface area contributed by atoms with Crippen LogP contribution in [0.15, 0.2) is 97.1 Å². The minimum Gasteiger partial charge on any atom is -0.497 e. The molecule has 0 spiro atoms. The van der Waals surface area contributed by atoms with Gasteiger partial charge in [0.25, 0.3) is 5.91 Å². The lowest BCUT2D eigenvalue weighted by Gasteiger charge is -2.42. The minimum absolute atomic E-state index is 0.185. The number of amides is 2. The number of carbonyl (C=O) groups is 2. The Labute approximate surface area is 227 Å². The van der Waals surface area contributed by atoms with Gasteiger partial charge in [0.1, 0.15) is 17.2 Å². The van der Waals surface area contributed by atoms with Crippen molar-refractivity contribution in [3.63, 3.8) is 0 Å². The summed E-state index contributed by atoms with van der Waals surface area (Å²) in [5, 5.41) is 3.09. The summed E-state index contributed by atoms with van der Waals surface area (Å²) >= 11 is 0. The Bertz CT molecular complexity index is 1470. The van der Waals surface area contributed by atoms with E-state index >= 15 is 0 Å². The van der Waals surface area contributed by atoms with Crippen molar-refractivity contribution in [2.75, 3.05) is 31.0 Å². The average Bonchev–Trinajstić information content (AvgIpc) is 2.98. The predicted octanol–water partition coefficient (Wildman–Crippen LogP) is 6.23. The van der Waals surface area contributed by atoms with Crippen LogP contribution in [0.2, 0.25) is 0 Å². The van der Waals surface area contributed by atoms with Gasteiger partial charge < -0.3 is 19.5 Å². The number of methoxy groups -OCH3 is 2. The van der Waals surface area contributed by atoms with Crippen LogP contribution in [0.4, 0.5) is 11.4 Å². The normalized spacial score (nSPS) is 16.3. The van der Waals surface area contributed by atoms with Crippen LogP contribution in [0, 0.1) is 0 Å². The van der Waals surface area contributed by atoms with E-state index in [2.05, 4.69) is 5.32 Å². The van der Waals surface area contributed by atoms with Crippen LogP contribution in [-0.2, 0) is 4.79 Å². The fourth-order valence-corrected chi connectivity index (χ4v) is 5.05. The van der Waals surface area contributed by atoms with Crippen molar-refractivity contribution >= 4 is 23.2 Å². The second-order valence-corrected chi connectivity index (χ2v) is 9.07. The van der Waals surface area contributed by atoms with E-state index in [0.29, 0.717) is 46.4 Å². The minimum atomic E-state index is -0.718. The van der Waals surface area contributed by atoms with Gasteiger partial charge in [-0.05, 0) is 72.6 Å². The van der Waals surface area contributed by atoms with E-state index in [1.165, 1.54) is 0 Å². The third-order valence-electron chi connectivity index (χ3n) is 6.87. The summed E-state index contributed by atoms with van der Waals surface area (Å²) in [4.78, 5) is 30.0. The van der Waals surface area contributed by atoms with Gasteiger partial charge in [-0.15, -0.1) is 0 Å². The van der Waals surface area contributed by atoms with Crippen molar-refractivity contribution in [1.29, 1.82) is 0 Å². The van der Waals surface area contributed by atoms with Crippen LogP contribution in [0.3, 0.4) is 0 Å². The molecule has 1 aliphatic rings. The van der Waals surface area contributed by atoms with E-state index in [4.69, 9.17) is 14.2 Å². The molecular formula is C32H30N2O5. The Balaban J connectivity index is 1.67. The van der Waals surface area contributed by atoms with E-state index in [9.17, 15) is 9.59 Å². The largest absolute Gasteiger partial charge is 0.497 e. The first-order chi connectivity index (χ1) is 19.0. The smallest absolute Gasteiger partial charge is 0.259 e. The second kappa shape index (κ2) is 11.3. The predicted molar refractivity (Wildman–Crippen MR) is 151 cm³/mol. The number of benzene rings is 4. The maximum absolute atomic E-state index is 14.2. The molecule has 1 N–H and O–H groups in total. The van der Waals surface area contributed by atoms with E-state index in [1.54, 1.807) is 25.2 Å². The third kappa shape index (κ3) is 5.03. The highest BCUT2D eigenvalue weighted by atomic mass is 16.5. The Morgan fingerprint density at radius 3 is 2.10 bits per heavy atom. The first-order valence-electron chi connectivity index (χ1n) is 12.8. The van der Waals surface area contributed by atoms with Gasteiger partial charge in [0.05, 0.1) is 38.5 Å². The number of hydrogen-bond donors (Lipinski definition) is 1. The van der Waals surface area contributed by atoms with Crippen LogP contribution in [0.25, 0.3) is 0 Å². The molecule has 0 bridgehead atoms. The van der Waals surface area contributed by atoms with Crippen LogP contribution in [0.1, 0.15) is 40.4 Å². The van der Waals surface area contributed by atoms with Gasteiger partial charge in [0.2, 0.25) is 5.91 Å². The number of carbonyl (C=O) groups excluding carboxylic acids is 2. The van der Waals surface area contributed by atoms with E-state index in [-0.39, 0.29) is 11.8 Å². The molecule has 198 valence electrons. The molecule has 7 nitrogen and oxygen atoms in total. The lowest BCUT2D eigenvalue weighted by Crippen LogP contribution is -2.46. The molecule has 0 saturated heterocycles. The molecule has 0 saturated carbocycles. The van der Waals surface area contributed by atoms with Gasteiger partial charge in [-0.1, -0.05) is 42.5 Å². The van der Waals surface area contributed by atoms with E-state index in [1.807, 2.05) is 97.9 Å². The van der Waals surface area contributed by atoms with Gasteiger partial charge in [0, 0.05) is 11.3 Å². The number of fused-ring (bicyclic) bond motifs is 1. The van der Waals surface area contributed by atoms with Gasteiger partial charge >= 0.3 is 0 Å². The standard InChI is InChI=1S/C32H30N2O5/c1-4-39-28-12-8-7-11-27(28)33-31(35)29-25-9-5-6-10-26(25)32(36)34(22-15-19-24(38-3)20-16-22)30(29)21-13-17-23(37-2)18-14-21/h5-20,29-30H,4H2,1-3H3,(H,33,35). The van der Waals surface area contributed by atoms with Gasteiger partial charge in [0.15, 0.2) is 0 Å². The Hall–Kier alpha value is -4.78. The maximum Gasteiger partial charge on any atom is 0.259 e. The van der Waals surface area contributed by atoms with Crippen molar-refractivity contribution < 1.29 is 23.8 Å². The van der Waals surface area contributed by atoms with Crippen molar-refractivity contribution in [2.45, 2.75) is 18.9 Å². The van der Waals surface area contributed by atoms with Gasteiger partial charge in [-0.3, -0.25) is 14.5 Å². The molecule has 4 aromatic carbocycles. The molecule has 0 aromatic heterocycles. The first kappa shape index (κ1) is 25.9. The molecule has 0 radical (unpaired) electrons. The first-order valence-corrected chi connectivity index (χ1v) is 12.8. The highest BCUT2D eigenvalue weighted by molar-refractivity contribution is 6.12. The van der Waals surface area contributed by atoms with E-state index < -0.39 is 12.0 Å². The Kier molecular flexibility index (Phi) is 7.50. The third-order valence-corrected chi connectivity index (χ3v) is 6.87. The van der Waals surface area contributed by atoms with Crippen LogP contribution in [-0.4, -0.2) is 32.6 Å². The molecular weight excluding hydrogens is 492 g/mol. The molecule has 2 amide bonds. The molecule has 7 heteroatoms. The number of hydrogen-bond acceptors (Lipinski definition) is 5. The molecule has 2 unspecified atom stereocenters. The highest BCUT2D eigenvalue weighted by Crippen LogP contribution is 2.46. The number of anilines is 2. The van der Waals surface area contributed by atoms with Gasteiger partial charge in [-0.25, -0.2) is 0 Å². The zero-order chi connectivity index (χ0) is 27.4. The molecule has 1 aliphatic heterocycles. The summed E-state index contributed by atoms with van der Waals surface area (Å²) in [6.07, 6.45) is 0. The average molecular weight is 523 g/mol. The monoisotopic (exact) mass is 522 g/mol. The molecule has 39 heavy (non-hydrogen) atoms. The lowest BCUT2D eigenvalue weighted by atomic mass is 9.78. The number of ether oxygens (including phenoxy) is 3. The van der Waals surface area contributed by atoms with Crippen molar-refractivity contribution in [3.8, 4) is 17.2 Å². The summed E-state index contributed by atoms with van der Waals surface area (Å²) in [6, 6.07) is 28.8. The summed E-state index contributed by atoms with van der Waals surface area (Å²) < 4.78 is 16.5. The molecule has 4 aromatic rings. The maximum atomic E-state index is 14.2. The molecule has 0 aliphatic carbocycles. The molecule has 0 fully saturated rings. The summed E-state index contributed by atoms with van der Waals surface area (Å²) in [5.41, 5.74) is 3.18. The number of nitrogens with zero attached hydrogens (tertiary/aromatic N) is 1. The Morgan fingerprint density at radius 1 is 0.821 bits per heavy atom. The SMILES string of the molecule is CCOc1ccccc1NC(=O)C1c2ccccc2C(=O)N(c2ccc(OC)cc2)C1c1ccc(OC)cc1. The number of nitrogens with one attached hydrogen (secondary N) is 1. The number of para-hydroxylation sites is 2. The van der Waals surface area contributed by atoms with E-state index in [0.717, 1.165) is 5.56 Å². The molecule has 2 atom stereocenters. The van der Waals surface area contributed by atoms with Crippen molar-refractivity contribution in [1.82, 2.24) is 0 Å². The number of rotatable bonds is 8. The summed E-state index contributed by atoms with van der Waals surface area (Å²) in [6.45, 7) is 2.36. The van der Waals surface area contributed by atoms with Gasteiger partial charge in [-0.2, -0.15) is 0 Å². The summed E-state index contributed by atoms with van der Waals surface area (Å²) in [5.74, 6) is 0.790. The lowest BCUT2D eigenvalue weighted by molar-refractivity contribution is -0.118.